The average molecular weight is 364 g/mol. The van der Waals surface area contributed by atoms with Crippen LogP contribution in [0.2, 0.25) is 20.1 Å². The fraction of sp³-hybridized carbons (Fsp3) is 0. The zero-order chi connectivity index (χ0) is 14.4. The Hall–Kier alpha value is -0.710. The molecule has 7 heteroatoms. The summed E-state index contributed by atoms with van der Waals surface area (Å²) in [6.07, 6.45) is 0. The zero-order valence-corrected chi connectivity index (χ0v) is 13.6. The van der Waals surface area contributed by atoms with Crippen LogP contribution in [0, 0.1) is 4.77 Å². The van der Waals surface area contributed by atoms with E-state index in [1.54, 1.807) is 22.8 Å². The summed E-state index contributed by atoms with van der Waals surface area (Å²) < 4.78 is 2.23. The van der Waals surface area contributed by atoms with E-state index in [4.69, 9.17) is 58.6 Å². The summed E-state index contributed by atoms with van der Waals surface area (Å²) >= 11 is 29.9. The fourth-order valence-electron chi connectivity index (χ4n) is 2.03. The van der Waals surface area contributed by atoms with Gasteiger partial charge >= 0.3 is 0 Å². The van der Waals surface area contributed by atoms with Crippen molar-refractivity contribution in [2.75, 3.05) is 0 Å². The number of aromatic nitrogens is 2. The Morgan fingerprint density at radius 3 is 2.35 bits per heavy atom. The molecule has 0 unspecified atom stereocenters. The standard InChI is InChI=1S/C13H6Cl4N2S/c14-6-2-1-3-10-12(6)19(13(20)18-10)11-5-8(16)7(15)4-9(11)17/h1-5H,(H,18,20). The van der Waals surface area contributed by atoms with Gasteiger partial charge in [-0.25, -0.2) is 0 Å². The van der Waals surface area contributed by atoms with E-state index < -0.39 is 0 Å². The van der Waals surface area contributed by atoms with E-state index in [0.717, 1.165) is 11.0 Å². The van der Waals surface area contributed by atoms with E-state index >= 15 is 0 Å². The second kappa shape index (κ2) is 5.24. The summed E-state index contributed by atoms with van der Waals surface area (Å²) in [6.45, 7) is 0. The van der Waals surface area contributed by atoms with E-state index in [0.29, 0.717) is 30.5 Å². The molecule has 3 rings (SSSR count). The largest absolute Gasteiger partial charge is 0.330 e. The lowest BCUT2D eigenvalue weighted by Crippen LogP contribution is -1.96. The van der Waals surface area contributed by atoms with Crippen molar-refractivity contribution in [2.24, 2.45) is 0 Å². The number of benzene rings is 2. The maximum absolute atomic E-state index is 6.26. The summed E-state index contributed by atoms with van der Waals surface area (Å²) in [6, 6.07) is 8.76. The van der Waals surface area contributed by atoms with Crippen LogP contribution in [0.4, 0.5) is 0 Å². The number of aromatic amines is 1. The van der Waals surface area contributed by atoms with Gasteiger partial charge in [-0.1, -0.05) is 52.5 Å². The molecule has 3 aromatic rings. The van der Waals surface area contributed by atoms with Gasteiger partial charge in [0.1, 0.15) is 0 Å². The number of para-hydroxylation sites is 1. The minimum Gasteiger partial charge on any atom is -0.330 e. The molecule has 0 saturated heterocycles. The van der Waals surface area contributed by atoms with Crippen molar-refractivity contribution in [3.05, 3.63) is 55.2 Å². The van der Waals surface area contributed by atoms with E-state index in [9.17, 15) is 0 Å². The van der Waals surface area contributed by atoms with E-state index in [2.05, 4.69) is 4.98 Å². The third kappa shape index (κ3) is 2.24. The highest BCUT2D eigenvalue weighted by atomic mass is 35.5. The molecule has 0 radical (unpaired) electrons. The number of nitrogens with zero attached hydrogens (tertiary/aromatic N) is 1. The summed E-state index contributed by atoms with van der Waals surface area (Å²) in [5.41, 5.74) is 2.20. The highest BCUT2D eigenvalue weighted by Crippen LogP contribution is 2.34. The number of imidazole rings is 1. The molecule has 1 N–H and O–H groups in total. The van der Waals surface area contributed by atoms with Crippen molar-refractivity contribution < 1.29 is 0 Å². The maximum Gasteiger partial charge on any atom is 0.182 e. The van der Waals surface area contributed by atoms with Gasteiger partial charge in [0.25, 0.3) is 0 Å². The van der Waals surface area contributed by atoms with Crippen molar-refractivity contribution in [1.82, 2.24) is 9.55 Å². The van der Waals surface area contributed by atoms with Crippen molar-refractivity contribution in [3.63, 3.8) is 0 Å². The molecule has 20 heavy (non-hydrogen) atoms. The number of hydrogen-bond donors (Lipinski definition) is 1. The van der Waals surface area contributed by atoms with Crippen molar-refractivity contribution in [3.8, 4) is 5.69 Å². The first-order valence-electron chi connectivity index (χ1n) is 5.53. The second-order valence-corrected chi connectivity index (χ2v) is 6.13. The number of H-pyrrole nitrogens is 1. The molecule has 2 nitrogen and oxygen atoms in total. The van der Waals surface area contributed by atoms with Crippen LogP contribution in [0.15, 0.2) is 30.3 Å². The molecular formula is C13H6Cl4N2S. The third-order valence-corrected chi connectivity index (χ3v) is 4.50. The van der Waals surface area contributed by atoms with Gasteiger partial charge in [0.2, 0.25) is 0 Å². The normalized spacial score (nSPS) is 11.2. The van der Waals surface area contributed by atoms with Crippen molar-refractivity contribution in [1.29, 1.82) is 0 Å². The highest BCUT2D eigenvalue weighted by Gasteiger charge is 2.14. The Kier molecular flexibility index (Phi) is 3.73. The van der Waals surface area contributed by atoms with Gasteiger partial charge in [-0.3, -0.25) is 4.57 Å². The van der Waals surface area contributed by atoms with E-state index in [1.165, 1.54) is 0 Å². The Balaban J connectivity index is 2.44. The van der Waals surface area contributed by atoms with Gasteiger partial charge in [0, 0.05) is 0 Å². The lowest BCUT2D eigenvalue weighted by molar-refractivity contribution is 1.07. The number of halogens is 4. The molecule has 0 aliphatic carbocycles. The lowest BCUT2D eigenvalue weighted by atomic mass is 10.2. The molecule has 0 bridgehead atoms. The highest BCUT2D eigenvalue weighted by molar-refractivity contribution is 7.71. The Labute approximate surface area is 139 Å². The molecule has 102 valence electrons. The quantitative estimate of drug-likeness (QED) is 0.397. The number of rotatable bonds is 1. The average Bonchev–Trinajstić information content (AvgIpc) is 2.71. The number of nitrogens with one attached hydrogen (secondary N) is 1. The SMILES string of the molecule is S=c1[nH]c2cccc(Cl)c2n1-c1cc(Cl)c(Cl)cc1Cl. The first-order chi connectivity index (χ1) is 9.49. The first-order valence-corrected chi connectivity index (χ1v) is 7.45. The minimum absolute atomic E-state index is 0.387. The van der Waals surface area contributed by atoms with Crippen molar-refractivity contribution >= 4 is 69.7 Å². The van der Waals surface area contributed by atoms with E-state index in [1.807, 2.05) is 12.1 Å². The van der Waals surface area contributed by atoms with Crippen LogP contribution in [-0.4, -0.2) is 9.55 Å². The maximum atomic E-state index is 6.26. The lowest BCUT2D eigenvalue weighted by Gasteiger charge is -2.09. The van der Waals surface area contributed by atoms with Crippen LogP contribution in [0.3, 0.4) is 0 Å². The van der Waals surface area contributed by atoms with Gasteiger partial charge in [-0.05, 0) is 36.5 Å². The molecule has 0 spiro atoms. The van der Waals surface area contributed by atoms with Crippen molar-refractivity contribution in [2.45, 2.75) is 0 Å². The summed E-state index contributed by atoms with van der Waals surface area (Å²) in [5.74, 6) is 0. The molecule has 2 aromatic carbocycles. The Bertz CT molecular complexity index is 882. The van der Waals surface area contributed by atoms with Gasteiger partial charge in [0.05, 0.1) is 36.8 Å². The zero-order valence-electron chi connectivity index (χ0n) is 9.75. The smallest absolute Gasteiger partial charge is 0.182 e. The summed E-state index contributed by atoms with van der Waals surface area (Å²) in [7, 11) is 0. The Morgan fingerprint density at radius 1 is 0.900 bits per heavy atom. The topological polar surface area (TPSA) is 20.7 Å². The van der Waals surface area contributed by atoms with Crippen LogP contribution < -0.4 is 0 Å². The monoisotopic (exact) mass is 362 g/mol. The Morgan fingerprint density at radius 2 is 1.60 bits per heavy atom. The van der Waals surface area contributed by atoms with Crippen LogP contribution >= 0.6 is 58.6 Å². The molecule has 1 heterocycles. The van der Waals surface area contributed by atoms with Gasteiger partial charge < -0.3 is 4.98 Å². The molecule has 0 atom stereocenters. The molecule has 0 saturated carbocycles. The molecule has 0 amide bonds. The molecular weight excluding hydrogens is 358 g/mol. The summed E-state index contributed by atoms with van der Waals surface area (Å²) in [5, 5.41) is 1.79. The molecule has 1 aromatic heterocycles. The number of fused-ring (bicyclic) bond motifs is 1. The summed E-state index contributed by atoms with van der Waals surface area (Å²) in [4.78, 5) is 3.09. The van der Waals surface area contributed by atoms with Crippen LogP contribution in [-0.2, 0) is 0 Å². The van der Waals surface area contributed by atoms with Crippen LogP contribution in [0.1, 0.15) is 0 Å². The molecule has 0 fully saturated rings. The molecule has 0 aliphatic rings. The number of hydrogen-bond acceptors (Lipinski definition) is 1. The van der Waals surface area contributed by atoms with Gasteiger partial charge in [-0.15, -0.1) is 0 Å². The predicted molar refractivity (Wildman–Crippen MR) is 88.5 cm³/mol. The molecule has 0 aliphatic heterocycles. The predicted octanol–water partition coefficient (Wildman–Crippen LogP) is 6.30. The van der Waals surface area contributed by atoms with Crippen LogP contribution in [0.25, 0.3) is 16.7 Å². The fourth-order valence-corrected chi connectivity index (χ4v) is 3.21. The first kappa shape index (κ1) is 14.2. The van der Waals surface area contributed by atoms with Gasteiger partial charge in [0.15, 0.2) is 4.77 Å². The van der Waals surface area contributed by atoms with E-state index in [-0.39, 0.29) is 0 Å². The third-order valence-electron chi connectivity index (χ3n) is 2.89. The van der Waals surface area contributed by atoms with Crippen LogP contribution in [0.5, 0.6) is 0 Å². The second-order valence-electron chi connectivity index (χ2n) is 4.12. The minimum atomic E-state index is 0.387. The van der Waals surface area contributed by atoms with Gasteiger partial charge in [-0.2, -0.15) is 0 Å².